The van der Waals surface area contributed by atoms with E-state index in [-0.39, 0.29) is 0 Å². The number of hydrogen-bond acceptors (Lipinski definition) is 4. The third-order valence-corrected chi connectivity index (χ3v) is 7.29. The Hall–Kier alpha value is -1.39. The molecule has 4 heteroatoms. The summed E-state index contributed by atoms with van der Waals surface area (Å²) in [5.74, 6) is 1.00. The molecular weight excluding hydrogens is 340 g/mol. The van der Waals surface area contributed by atoms with Crippen molar-refractivity contribution in [1.29, 1.82) is 0 Å². The highest BCUT2D eigenvalue weighted by Gasteiger charge is 2.48. The second-order valence-electron chi connectivity index (χ2n) is 8.54. The molecule has 2 fully saturated rings. The molecule has 0 amide bonds. The van der Waals surface area contributed by atoms with Crippen LogP contribution in [0.3, 0.4) is 0 Å². The molecule has 26 heavy (non-hydrogen) atoms. The van der Waals surface area contributed by atoms with Gasteiger partial charge in [0.1, 0.15) is 5.75 Å². The van der Waals surface area contributed by atoms with Gasteiger partial charge in [0, 0.05) is 18.3 Å². The first-order valence-corrected chi connectivity index (χ1v) is 10.7. The number of benzene rings is 1. The summed E-state index contributed by atoms with van der Waals surface area (Å²) in [5, 5.41) is 1.11. The fraction of sp³-hybridized carbons (Fsp3) is 0.591. The fourth-order valence-electron chi connectivity index (χ4n) is 4.93. The molecule has 1 aromatic heterocycles. The molecule has 0 N–H and O–H groups in total. The van der Waals surface area contributed by atoms with Gasteiger partial charge in [0.05, 0.1) is 16.0 Å². The first kappa shape index (κ1) is 18.0. The van der Waals surface area contributed by atoms with Crippen LogP contribution in [0.2, 0.25) is 0 Å². The average Bonchev–Trinajstić information content (AvgIpc) is 3.18. The molecule has 140 valence electrons. The summed E-state index contributed by atoms with van der Waals surface area (Å²) in [7, 11) is 0. The highest BCUT2D eigenvalue weighted by Crippen LogP contribution is 2.48. The minimum Gasteiger partial charge on any atom is -0.490 e. The van der Waals surface area contributed by atoms with Gasteiger partial charge in [0.15, 0.2) is 0 Å². The smallest absolute Gasteiger partial charge is 0.119 e. The Morgan fingerprint density at radius 2 is 2.00 bits per heavy atom. The molecule has 2 aliphatic rings. The van der Waals surface area contributed by atoms with Crippen LogP contribution >= 0.6 is 11.3 Å². The summed E-state index contributed by atoms with van der Waals surface area (Å²) in [6, 6.07) is 9.95. The van der Waals surface area contributed by atoms with Gasteiger partial charge in [-0.3, -0.25) is 4.90 Å². The predicted octanol–water partition coefficient (Wildman–Crippen LogP) is 5.54. The molecule has 1 saturated heterocycles. The van der Waals surface area contributed by atoms with Gasteiger partial charge in [-0.15, -0.1) is 11.3 Å². The molecule has 1 saturated carbocycles. The standard InChI is InChI=1S/C22H30N2OS/c1-15(2)24-12-11-22(4)13-19(9-10-21(22)24)25-18-7-5-17(6-8-18)20-14-23-16(3)26-20/h5-8,14-15,19,21H,9-13H2,1-4H3. The Kier molecular flexibility index (Phi) is 4.83. The topological polar surface area (TPSA) is 25.4 Å². The largest absolute Gasteiger partial charge is 0.490 e. The van der Waals surface area contributed by atoms with Gasteiger partial charge in [-0.2, -0.15) is 0 Å². The number of rotatable bonds is 4. The number of nitrogens with zero attached hydrogens (tertiary/aromatic N) is 2. The zero-order valence-electron chi connectivity index (χ0n) is 16.4. The lowest BCUT2D eigenvalue weighted by Crippen LogP contribution is -2.47. The summed E-state index contributed by atoms with van der Waals surface area (Å²) in [6.07, 6.45) is 7.21. The molecule has 1 aliphatic carbocycles. The van der Waals surface area contributed by atoms with Gasteiger partial charge < -0.3 is 4.74 Å². The SMILES string of the molecule is Cc1ncc(-c2ccc(OC3CCC4N(C(C)C)CCC4(C)C3)cc2)s1. The molecule has 0 spiro atoms. The quantitative estimate of drug-likeness (QED) is 0.706. The number of hydrogen-bond donors (Lipinski definition) is 0. The van der Waals surface area contributed by atoms with E-state index in [0.717, 1.165) is 16.8 Å². The Balaban J connectivity index is 1.41. The van der Waals surface area contributed by atoms with E-state index in [1.807, 2.05) is 13.1 Å². The van der Waals surface area contributed by atoms with E-state index in [2.05, 4.69) is 54.9 Å². The van der Waals surface area contributed by atoms with E-state index in [4.69, 9.17) is 4.74 Å². The number of thiazole rings is 1. The lowest BCUT2D eigenvalue weighted by molar-refractivity contribution is 0.0274. The van der Waals surface area contributed by atoms with Gasteiger partial charge in [0.2, 0.25) is 0 Å². The monoisotopic (exact) mass is 370 g/mol. The molecule has 0 bridgehead atoms. The first-order valence-electron chi connectivity index (χ1n) is 9.90. The molecule has 0 radical (unpaired) electrons. The Morgan fingerprint density at radius 3 is 2.65 bits per heavy atom. The molecule has 3 unspecified atom stereocenters. The van der Waals surface area contributed by atoms with E-state index < -0.39 is 0 Å². The van der Waals surface area contributed by atoms with Crippen molar-refractivity contribution in [2.75, 3.05) is 6.54 Å². The minimum absolute atomic E-state index is 0.347. The van der Waals surface area contributed by atoms with E-state index in [1.165, 1.54) is 42.7 Å². The maximum atomic E-state index is 6.39. The average molecular weight is 371 g/mol. The van der Waals surface area contributed by atoms with Crippen LogP contribution in [0, 0.1) is 12.3 Å². The van der Waals surface area contributed by atoms with Crippen LogP contribution in [-0.4, -0.2) is 34.6 Å². The van der Waals surface area contributed by atoms with E-state index in [1.54, 1.807) is 11.3 Å². The van der Waals surface area contributed by atoms with Gasteiger partial charge in [-0.25, -0.2) is 4.98 Å². The number of ether oxygens (including phenoxy) is 1. The van der Waals surface area contributed by atoms with Crippen LogP contribution in [0.4, 0.5) is 0 Å². The highest BCUT2D eigenvalue weighted by molar-refractivity contribution is 7.15. The second kappa shape index (κ2) is 6.97. The van der Waals surface area contributed by atoms with Crippen molar-refractivity contribution in [2.45, 2.75) is 71.6 Å². The van der Waals surface area contributed by atoms with Crippen LogP contribution in [0.1, 0.15) is 51.5 Å². The summed E-state index contributed by atoms with van der Waals surface area (Å²) < 4.78 is 6.39. The summed E-state index contributed by atoms with van der Waals surface area (Å²) in [5.41, 5.74) is 1.63. The minimum atomic E-state index is 0.347. The van der Waals surface area contributed by atoms with E-state index >= 15 is 0 Å². The molecule has 3 nitrogen and oxygen atoms in total. The van der Waals surface area contributed by atoms with Crippen molar-refractivity contribution >= 4 is 11.3 Å². The Morgan fingerprint density at radius 1 is 1.23 bits per heavy atom. The van der Waals surface area contributed by atoms with Gasteiger partial charge in [-0.1, -0.05) is 6.92 Å². The van der Waals surface area contributed by atoms with Crippen LogP contribution in [0.25, 0.3) is 10.4 Å². The Bertz CT molecular complexity index is 754. The van der Waals surface area contributed by atoms with Crippen LogP contribution in [0.5, 0.6) is 5.75 Å². The van der Waals surface area contributed by atoms with E-state index in [9.17, 15) is 0 Å². The third kappa shape index (κ3) is 3.41. The molecule has 4 rings (SSSR count). The number of aromatic nitrogens is 1. The Labute approximate surface area is 161 Å². The number of aryl methyl sites for hydroxylation is 1. The second-order valence-corrected chi connectivity index (χ2v) is 9.78. The molecular formula is C22H30N2OS. The molecule has 3 atom stereocenters. The number of fused-ring (bicyclic) bond motifs is 1. The normalized spacial score (nSPS) is 29.1. The lowest BCUT2D eigenvalue weighted by Gasteiger charge is -2.43. The highest BCUT2D eigenvalue weighted by atomic mass is 32.1. The summed E-state index contributed by atoms with van der Waals surface area (Å²) in [4.78, 5) is 8.28. The predicted molar refractivity (Wildman–Crippen MR) is 109 cm³/mol. The molecule has 2 aromatic rings. The maximum Gasteiger partial charge on any atom is 0.119 e. The van der Waals surface area contributed by atoms with Crippen molar-refractivity contribution in [3.63, 3.8) is 0 Å². The molecule has 2 heterocycles. The van der Waals surface area contributed by atoms with Gasteiger partial charge in [0.25, 0.3) is 0 Å². The van der Waals surface area contributed by atoms with Crippen LogP contribution in [-0.2, 0) is 0 Å². The van der Waals surface area contributed by atoms with Crippen molar-refractivity contribution in [3.05, 3.63) is 35.5 Å². The van der Waals surface area contributed by atoms with Crippen molar-refractivity contribution in [1.82, 2.24) is 9.88 Å². The van der Waals surface area contributed by atoms with Crippen molar-refractivity contribution in [2.24, 2.45) is 5.41 Å². The van der Waals surface area contributed by atoms with Gasteiger partial charge in [-0.05, 0) is 88.2 Å². The van der Waals surface area contributed by atoms with Gasteiger partial charge >= 0.3 is 0 Å². The number of likely N-dealkylation sites (tertiary alicyclic amines) is 1. The van der Waals surface area contributed by atoms with Crippen molar-refractivity contribution in [3.8, 4) is 16.2 Å². The van der Waals surface area contributed by atoms with E-state index in [0.29, 0.717) is 17.6 Å². The zero-order valence-corrected chi connectivity index (χ0v) is 17.2. The zero-order chi connectivity index (χ0) is 18.3. The van der Waals surface area contributed by atoms with Crippen LogP contribution < -0.4 is 4.74 Å². The third-order valence-electron chi connectivity index (χ3n) is 6.33. The van der Waals surface area contributed by atoms with Crippen molar-refractivity contribution < 1.29 is 4.74 Å². The fourth-order valence-corrected chi connectivity index (χ4v) is 5.71. The lowest BCUT2D eigenvalue weighted by atomic mass is 9.70. The first-order chi connectivity index (χ1) is 12.4. The maximum absolute atomic E-state index is 6.39. The summed E-state index contributed by atoms with van der Waals surface area (Å²) in [6.45, 7) is 10.4. The molecule has 1 aliphatic heterocycles. The van der Waals surface area contributed by atoms with Crippen LogP contribution in [0.15, 0.2) is 30.5 Å². The molecule has 1 aromatic carbocycles. The summed E-state index contributed by atoms with van der Waals surface area (Å²) >= 11 is 1.74.